The number of carbonyl (C=O) groups is 2. The van der Waals surface area contributed by atoms with Crippen LogP contribution in [0.1, 0.15) is 109 Å². The van der Waals surface area contributed by atoms with Gasteiger partial charge in [-0.05, 0) is 78.1 Å². The first kappa shape index (κ1) is 44.3. The standard InChI is InChI=1S/C10H18O5.C9H18O3.C9H16O3.C8H16O/c1-10(2,3)14-5-4-12-6-8-7-13-9(11)15-8;1-9(2,3)12-5-4-10-6-8-7-11-8;1-9(2,3)5-4-7-6-11-8(10)12-7;1-8(2,3)5-4-7-6-9-7/h8H,4-7H2,1-3H3;8H,4-7H2,1-3H3;7H,4-6H2,1-3H3;7H,4-6H2,1-3H3. The smallest absolute Gasteiger partial charge is 0.430 e. The maximum Gasteiger partial charge on any atom is 0.508 e. The van der Waals surface area contributed by atoms with E-state index < -0.39 is 12.3 Å². The van der Waals surface area contributed by atoms with Gasteiger partial charge in [0.15, 0.2) is 6.10 Å². The van der Waals surface area contributed by atoms with Crippen LogP contribution in [-0.2, 0) is 47.4 Å². The van der Waals surface area contributed by atoms with Gasteiger partial charge in [-0.25, -0.2) is 9.59 Å². The number of carbonyl (C=O) groups excluding carboxylic acids is 2. The van der Waals surface area contributed by atoms with E-state index in [1.165, 1.54) is 12.8 Å². The van der Waals surface area contributed by atoms with Crippen molar-refractivity contribution >= 4 is 12.3 Å². The molecule has 4 unspecified atom stereocenters. The molecule has 0 bridgehead atoms. The fourth-order valence-electron chi connectivity index (χ4n) is 3.78. The van der Waals surface area contributed by atoms with Gasteiger partial charge >= 0.3 is 12.3 Å². The van der Waals surface area contributed by atoms with Gasteiger partial charge in [-0.3, -0.25) is 0 Å². The lowest BCUT2D eigenvalue weighted by Gasteiger charge is -2.19. The van der Waals surface area contributed by atoms with Crippen LogP contribution in [0, 0.1) is 10.8 Å². The Labute approximate surface area is 290 Å². The monoisotopic (exact) mass is 692 g/mol. The van der Waals surface area contributed by atoms with Crippen molar-refractivity contribution in [3.63, 3.8) is 0 Å². The predicted octanol–water partition coefficient (Wildman–Crippen LogP) is 7.13. The van der Waals surface area contributed by atoms with Crippen LogP contribution >= 0.6 is 0 Å². The van der Waals surface area contributed by atoms with Crippen molar-refractivity contribution in [1.29, 1.82) is 0 Å². The molecule has 4 heterocycles. The van der Waals surface area contributed by atoms with Crippen LogP contribution in [0.5, 0.6) is 0 Å². The molecule has 0 aromatic rings. The quantitative estimate of drug-likeness (QED) is 0.104. The highest BCUT2D eigenvalue weighted by atomic mass is 16.8. The summed E-state index contributed by atoms with van der Waals surface area (Å²) in [7, 11) is 0. The second kappa shape index (κ2) is 21.5. The van der Waals surface area contributed by atoms with Crippen LogP contribution < -0.4 is 0 Å². The van der Waals surface area contributed by atoms with Gasteiger partial charge in [0, 0.05) is 0 Å². The summed E-state index contributed by atoms with van der Waals surface area (Å²) in [5.74, 6) is 0. The van der Waals surface area contributed by atoms with Gasteiger partial charge in [0.1, 0.15) is 25.4 Å². The molecule has 0 N–H and O–H groups in total. The van der Waals surface area contributed by atoms with E-state index in [1.54, 1.807) is 0 Å². The van der Waals surface area contributed by atoms with Crippen molar-refractivity contribution < 1.29 is 57.0 Å². The maximum atomic E-state index is 10.5. The SMILES string of the molecule is CC(C)(C)CCC1CO1.CC(C)(C)CCC1COC(=O)O1.CC(C)(C)OCCOCC1CO1.CC(C)(C)OCCOCC1COC(=O)O1. The first-order chi connectivity index (χ1) is 22.1. The molecule has 12 nitrogen and oxygen atoms in total. The molecular weight excluding hydrogens is 624 g/mol. The summed E-state index contributed by atoms with van der Waals surface area (Å²) in [6.45, 7) is 31.4. The molecule has 4 aliphatic heterocycles. The van der Waals surface area contributed by atoms with E-state index in [0.29, 0.717) is 69.3 Å². The van der Waals surface area contributed by atoms with Gasteiger partial charge < -0.3 is 47.4 Å². The van der Waals surface area contributed by atoms with Crippen LogP contribution in [0.15, 0.2) is 0 Å². The zero-order valence-electron chi connectivity index (χ0n) is 32.1. The maximum absolute atomic E-state index is 10.5. The fourth-order valence-corrected chi connectivity index (χ4v) is 3.78. The summed E-state index contributed by atoms with van der Waals surface area (Å²) >= 11 is 0. The summed E-state index contributed by atoms with van der Waals surface area (Å²) < 4.78 is 50.5. The average molecular weight is 693 g/mol. The van der Waals surface area contributed by atoms with E-state index in [9.17, 15) is 9.59 Å². The van der Waals surface area contributed by atoms with Crippen LogP contribution in [0.4, 0.5) is 9.59 Å². The van der Waals surface area contributed by atoms with E-state index in [1.807, 2.05) is 41.5 Å². The number of epoxide rings is 2. The molecule has 0 saturated carbocycles. The Hall–Kier alpha value is -1.70. The topological polar surface area (TPSA) is 133 Å². The molecular formula is C36H68O12. The molecule has 0 spiro atoms. The Morgan fingerprint density at radius 2 is 0.896 bits per heavy atom. The molecule has 0 amide bonds. The van der Waals surface area contributed by atoms with Crippen LogP contribution in [0.3, 0.4) is 0 Å². The minimum absolute atomic E-state index is 0.0169. The number of hydrogen-bond acceptors (Lipinski definition) is 12. The van der Waals surface area contributed by atoms with Crippen LogP contribution in [0.25, 0.3) is 0 Å². The van der Waals surface area contributed by atoms with E-state index in [2.05, 4.69) is 51.0 Å². The molecule has 284 valence electrons. The minimum atomic E-state index is -0.616. The Balaban J connectivity index is 0.000000324. The largest absolute Gasteiger partial charge is 0.508 e. The lowest BCUT2D eigenvalue weighted by molar-refractivity contribution is -0.0446. The molecule has 4 rings (SSSR count). The second-order valence-electron chi connectivity index (χ2n) is 16.8. The van der Waals surface area contributed by atoms with Gasteiger partial charge in [-0.1, -0.05) is 41.5 Å². The van der Waals surface area contributed by atoms with E-state index in [4.69, 9.17) is 37.9 Å². The molecule has 0 aromatic carbocycles. The summed E-state index contributed by atoms with van der Waals surface area (Å²) in [5.41, 5.74) is 0.590. The van der Waals surface area contributed by atoms with Crippen molar-refractivity contribution in [3.05, 3.63) is 0 Å². The highest BCUT2D eigenvalue weighted by Gasteiger charge is 2.27. The molecule has 0 radical (unpaired) electrons. The normalized spacial score (nSPS) is 23.2. The van der Waals surface area contributed by atoms with Crippen molar-refractivity contribution in [2.24, 2.45) is 10.8 Å². The van der Waals surface area contributed by atoms with Gasteiger partial charge in [0.05, 0.1) is 70.2 Å². The Morgan fingerprint density at radius 3 is 1.23 bits per heavy atom. The molecule has 0 aliphatic carbocycles. The Morgan fingerprint density at radius 1 is 0.521 bits per heavy atom. The van der Waals surface area contributed by atoms with Crippen LogP contribution in [0.2, 0.25) is 0 Å². The molecule has 4 fully saturated rings. The first-order valence-corrected chi connectivity index (χ1v) is 17.4. The number of hydrogen-bond donors (Lipinski definition) is 0. The van der Waals surface area contributed by atoms with E-state index in [0.717, 1.165) is 26.1 Å². The number of cyclic esters (lactones) is 4. The fraction of sp³-hybridized carbons (Fsp3) is 0.944. The lowest BCUT2D eigenvalue weighted by Crippen LogP contribution is -2.24. The molecule has 12 heteroatoms. The third-order valence-electron chi connectivity index (χ3n) is 6.67. The van der Waals surface area contributed by atoms with Crippen LogP contribution in [-0.4, -0.2) is 114 Å². The predicted molar refractivity (Wildman–Crippen MR) is 182 cm³/mol. The van der Waals surface area contributed by atoms with E-state index in [-0.39, 0.29) is 30.0 Å². The number of rotatable bonds is 14. The second-order valence-corrected chi connectivity index (χ2v) is 16.8. The van der Waals surface area contributed by atoms with Gasteiger partial charge in [-0.15, -0.1) is 0 Å². The summed E-state index contributed by atoms with van der Waals surface area (Å²) in [4.78, 5) is 21.1. The Kier molecular flexibility index (Phi) is 19.9. The third-order valence-corrected chi connectivity index (χ3v) is 6.67. The first-order valence-electron chi connectivity index (χ1n) is 17.4. The summed E-state index contributed by atoms with van der Waals surface area (Å²) in [5, 5.41) is 0. The van der Waals surface area contributed by atoms with Gasteiger partial charge in [-0.2, -0.15) is 0 Å². The van der Waals surface area contributed by atoms with Crippen molar-refractivity contribution in [2.45, 2.75) is 144 Å². The van der Waals surface area contributed by atoms with Gasteiger partial charge in [0.2, 0.25) is 0 Å². The zero-order valence-corrected chi connectivity index (χ0v) is 32.1. The van der Waals surface area contributed by atoms with Crippen molar-refractivity contribution in [3.8, 4) is 0 Å². The highest BCUT2D eigenvalue weighted by molar-refractivity contribution is 5.62. The molecule has 4 aliphatic rings. The lowest BCUT2D eigenvalue weighted by atomic mass is 9.89. The molecule has 4 atom stereocenters. The third kappa shape index (κ3) is 30.4. The summed E-state index contributed by atoms with van der Waals surface area (Å²) in [6.07, 6.45) is 4.04. The van der Waals surface area contributed by atoms with E-state index >= 15 is 0 Å². The van der Waals surface area contributed by atoms with Gasteiger partial charge in [0.25, 0.3) is 0 Å². The summed E-state index contributed by atoms with van der Waals surface area (Å²) in [6, 6.07) is 0. The molecule has 4 saturated heterocycles. The Bertz CT molecular complexity index is 873. The molecule has 0 aromatic heterocycles. The van der Waals surface area contributed by atoms with Crippen molar-refractivity contribution in [2.75, 3.05) is 66.1 Å². The number of ether oxygens (including phenoxy) is 10. The average Bonchev–Trinajstić information content (AvgIpc) is 3.86. The minimum Gasteiger partial charge on any atom is -0.430 e. The zero-order chi connectivity index (χ0) is 36.4. The van der Waals surface area contributed by atoms with Crippen molar-refractivity contribution in [1.82, 2.24) is 0 Å². The molecule has 48 heavy (non-hydrogen) atoms. The highest BCUT2D eigenvalue weighted by Crippen LogP contribution is 2.26.